The molecule has 1 atom stereocenters. The molecule has 0 spiro atoms. The number of aryl methyl sites for hydroxylation is 1. The lowest BCUT2D eigenvalue weighted by Gasteiger charge is -2.23. The molecule has 0 saturated carbocycles. The summed E-state index contributed by atoms with van der Waals surface area (Å²) in [5, 5.41) is 0. The molecule has 0 heterocycles. The molecule has 0 saturated heterocycles. The quantitative estimate of drug-likeness (QED) is 0.726. The van der Waals surface area contributed by atoms with E-state index in [0.717, 1.165) is 24.2 Å². The van der Waals surface area contributed by atoms with Gasteiger partial charge in [-0.05, 0) is 36.1 Å². The Morgan fingerprint density at radius 3 is 3.00 bits per heavy atom. The fourth-order valence-electron chi connectivity index (χ4n) is 2.30. The predicted octanol–water partition coefficient (Wildman–Crippen LogP) is 2.87. The Hall–Kier alpha value is -1.57. The lowest BCUT2D eigenvalue weighted by atomic mass is 9.80. The van der Waals surface area contributed by atoms with Gasteiger partial charge in [-0.15, -0.1) is 6.58 Å². The van der Waals surface area contributed by atoms with Crippen molar-refractivity contribution in [2.24, 2.45) is 0 Å². The van der Waals surface area contributed by atoms with Crippen molar-refractivity contribution in [2.75, 3.05) is 7.11 Å². The molecular weight excluding hydrogens is 200 g/mol. The minimum atomic E-state index is 0.00663. The zero-order chi connectivity index (χ0) is 11.5. The summed E-state index contributed by atoms with van der Waals surface area (Å²) in [6, 6.07) is 5.98. The van der Waals surface area contributed by atoms with Crippen molar-refractivity contribution in [3.63, 3.8) is 0 Å². The molecule has 0 aliphatic heterocycles. The molecule has 1 aliphatic rings. The normalized spacial score (nSPS) is 19.1. The van der Waals surface area contributed by atoms with E-state index in [1.165, 1.54) is 5.56 Å². The first-order valence-electron chi connectivity index (χ1n) is 5.56. The van der Waals surface area contributed by atoms with E-state index in [0.29, 0.717) is 12.2 Å². The van der Waals surface area contributed by atoms with Crippen molar-refractivity contribution < 1.29 is 9.53 Å². The molecule has 1 aliphatic carbocycles. The Morgan fingerprint density at radius 2 is 2.31 bits per heavy atom. The smallest absolute Gasteiger partial charge is 0.140 e. The first-order valence-corrected chi connectivity index (χ1v) is 5.56. The van der Waals surface area contributed by atoms with Crippen LogP contribution in [0.5, 0.6) is 5.75 Å². The standard InChI is InChI=1S/C14H16O2/c1-3-4-13-12-7-6-11(16-2)9-10(12)5-8-14(13)15/h3,6-7,9,13H,1,4-5,8H2,2H3. The minimum absolute atomic E-state index is 0.00663. The van der Waals surface area contributed by atoms with Crippen LogP contribution in [0.4, 0.5) is 0 Å². The van der Waals surface area contributed by atoms with Crippen LogP contribution in [0.25, 0.3) is 0 Å². The summed E-state index contributed by atoms with van der Waals surface area (Å²) >= 11 is 0. The number of carbonyl (C=O) groups excluding carboxylic acids is 1. The first-order chi connectivity index (χ1) is 7.76. The van der Waals surface area contributed by atoms with Crippen LogP contribution in [0.1, 0.15) is 29.9 Å². The fourth-order valence-corrected chi connectivity index (χ4v) is 2.30. The van der Waals surface area contributed by atoms with Crippen molar-refractivity contribution in [2.45, 2.75) is 25.2 Å². The van der Waals surface area contributed by atoms with Gasteiger partial charge in [0.15, 0.2) is 0 Å². The third-order valence-corrected chi connectivity index (χ3v) is 3.16. The van der Waals surface area contributed by atoms with Crippen molar-refractivity contribution in [1.29, 1.82) is 0 Å². The third-order valence-electron chi connectivity index (χ3n) is 3.16. The summed E-state index contributed by atoms with van der Waals surface area (Å²) in [4.78, 5) is 11.8. The largest absolute Gasteiger partial charge is 0.497 e. The number of ketones is 1. The zero-order valence-corrected chi connectivity index (χ0v) is 9.53. The molecule has 0 amide bonds. The molecule has 84 valence electrons. The summed E-state index contributed by atoms with van der Waals surface area (Å²) in [5.41, 5.74) is 2.39. The predicted molar refractivity (Wildman–Crippen MR) is 63.9 cm³/mol. The van der Waals surface area contributed by atoms with E-state index in [1.807, 2.05) is 24.3 Å². The average Bonchev–Trinajstić information content (AvgIpc) is 2.32. The molecule has 16 heavy (non-hydrogen) atoms. The second kappa shape index (κ2) is 4.52. The molecule has 0 radical (unpaired) electrons. The van der Waals surface area contributed by atoms with Gasteiger partial charge in [0, 0.05) is 12.3 Å². The molecule has 0 fully saturated rings. The highest BCUT2D eigenvalue weighted by Crippen LogP contribution is 2.33. The van der Waals surface area contributed by atoms with Gasteiger partial charge in [-0.1, -0.05) is 12.1 Å². The SMILES string of the molecule is C=CCC1C(=O)CCc2cc(OC)ccc21. The number of methoxy groups -OCH3 is 1. The molecule has 2 heteroatoms. The number of fused-ring (bicyclic) bond motifs is 1. The van der Waals surface area contributed by atoms with E-state index in [9.17, 15) is 4.79 Å². The van der Waals surface area contributed by atoms with Gasteiger partial charge >= 0.3 is 0 Å². The highest BCUT2D eigenvalue weighted by molar-refractivity contribution is 5.88. The van der Waals surface area contributed by atoms with Crippen molar-refractivity contribution in [3.8, 4) is 5.75 Å². The Bertz CT molecular complexity index is 421. The van der Waals surface area contributed by atoms with E-state index in [-0.39, 0.29) is 5.92 Å². The highest BCUT2D eigenvalue weighted by Gasteiger charge is 2.26. The summed E-state index contributed by atoms with van der Waals surface area (Å²) in [5.74, 6) is 1.20. The van der Waals surface area contributed by atoms with Crippen LogP contribution in [0, 0.1) is 0 Å². The maximum Gasteiger partial charge on any atom is 0.140 e. The lowest BCUT2D eigenvalue weighted by Crippen LogP contribution is -2.20. The van der Waals surface area contributed by atoms with Gasteiger partial charge in [-0.2, -0.15) is 0 Å². The molecule has 0 N–H and O–H groups in total. The summed E-state index contributed by atoms with van der Waals surface area (Å²) in [6.45, 7) is 3.72. The molecule has 0 aromatic heterocycles. The summed E-state index contributed by atoms with van der Waals surface area (Å²) in [7, 11) is 1.66. The Labute approximate surface area is 95.9 Å². The van der Waals surface area contributed by atoms with E-state index < -0.39 is 0 Å². The second-order valence-corrected chi connectivity index (χ2v) is 4.11. The van der Waals surface area contributed by atoms with E-state index in [1.54, 1.807) is 7.11 Å². The van der Waals surface area contributed by atoms with Crippen LogP contribution >= 0.6 is 0 Å². The van der Waals surface area contributed by atoms with Gasteiger partial charge in [0.05, 0.1) is 7.11 Å². The molecule has 1 aromatic carbocycles. The number of Topliss-reactive ketones (excluding diaryl/α,β-unsaturated/α-hetero) is 1. The zero-order valence-electron chi connectivity index (χ0n) is 9.53. The van der Waals surface area contributed by atoms with Crippen LogP contribution in [-0.2, 0) is 11.2 Å². The van der Waals surface area contributed by atoms with Crippen LogP contribution < -0.4 is 4.74 Å². The minimum Gasteiger partial charge on any atom is -0.497 e. The van der Waals surface area contributed by atoms with Crippen LogP contribution in [0.2, 0.25) is 0 Å². The topological polar surface area (TPSA) is 26.3 Å². The van der Waals surface area contributed by atoms with E-state index >= 15 is 0 Å². The number of hydrogen-bond donors (Lipinski definition) is 0. The highest BCUT2D eigenvalue weighted by atomic mass is 16.5. The number of hydrogen-bond acceptors (Lipinski definition) is 2. The average molecular weight is 216 g/mol. The summed E-state index contributed by atoms with van der Waals surface area (Å²) in [6.07, 6.45) is 4.03. The van der Waals surface area contributed by atoms with Crippen molar-refractivity contribution in [1.82, 2.24) is 0 Å². The Kier molecular flexibility index (Phi) is 3.09. The van der Waals surface area contributed by atoms with Crippen LogP contribution in [-0.4, -0.2) is 12.9 Å². The van der Waals surface area contributed by atoms with Crippen molar-refractivity contribution >= 4 is 5.78 Å². The van der Waals surface area contributed by atoms with Crippen LogP contribution in [0.15, 0.2) is 30.9 Å². The summed E-state index contributed by atoms with van der Waals surface area (Å²) < 4.78 is 5.20. The number of carbonyl (C=O) groups is 1. The molecule has 1 aromatic rings. The molecular formula is C14H16O2. The molecule has 0 bridgehead atoms. The second-order valence-electron chi connectivity index (χ2n) is 4.11. The number of ether oxygens (including phenoxy) is 1. The Balaban J connectivity index is 2.40. The first kappa shape index (κ1) is 10.9. The van der Waals surface area contributed by atoms with Gasteiger partial charge in [-0.3, -0.25) is 4.79 Å². The van der Waals surface area contributed by atoms with Crippen LogP contribution in [0.3, 0.4) is 0 Å². The van der Waals surface area contributed by atoms with Crippen molar-refractivity contribution in [3.05, 3.63) is 42.0 Å². The van der Waals surface area contributed by atoms with Gasteiger partial charge in [-0.25, -0.2) is 0 Å². The van der Waals surface area contributed by atoms with Gasteiger partial charge in [0.1, 0.15) is 11.5 Å². The molecule has 2 nitrogen and oxygen atoms in total. The number of benzene rings is 1. The third kappa shape index (κ3) is 1.87. The van der Waals surface area contributed by atoms with Gasteiger partial charge in [0.25, 0.3) is 0 Å². The fraction of sp³-hybridized carbons (Fsp3) is 0.357. The van der Waals surface area contributed by atoms with E-state index in [4.69, 9.17) is 4.74 Å². The maximum atomic E-state index is 11.8. The maximum absolute atomic E-state index is 11.8. The van der Waals surface area contributed by atoms with Gasteiger partial charge < -0.3 is 4.74 Å². The lowest BCUT2D eigenvalue weighted by molar-refractivity contribution is -0.120. The van der Waals surface area contributed by atoms with E-state index in [2.05, 4.69) is 6.58 Å². The monoisotopic (exact) mass is 216 g/mol. The molecule has 1 unspecified atom stereocenters. The van der Waals surface area contributed by atoms with Gasteiger partial charge in [0.2, 0.25) is 0 Å². The number of rotatable bonds is 3. The Morgan fingerprint density at radius 1 is 1.50 bits per heavy atom. The number of allylic oxidation sites excluding steroid dienone is 1. The molecule has 2 rings (SSSR count).